The largest absolute Gasteiger partial charge is 0.463 e. The lowest BCUT2D eigenvalue weighted by Crippen LogP contribution is -2.67. The Kier molecular flexibility index (Phi) is 7.70. The molecule has 0 radical (unpaired) electrons. The molecule has 0 unspecified atom stereocenters. The molecule has 6 N–H and O–H groups in total. The van der Waals surface area contributed by atoms with Crippen LogP contribution in [0.2, 0.25) is 0 Å². The second kappa shape index (κ2) is 9.41. The van der Waals surface area contributed by atoms with E-state index in [-0.39, 0.29) is 0 Å². The Labute approximate surface area is 160 Å². The molecular formula is C16H27NO11. The molecule has 2 rings (SSSR count). The topological polar surface area (TPSA) is 184 Å². The van der Waals surface area contributed by atoms with Crippen LogP contribution >= 0.6 is 0 Å². The minimum Gasteiger partial charge on any atom is -0.463 e. The number of carbonyl (C=O) groups is 2. The maximum absolute atomic E-state index is 11.5. The van der Waals surface area contributed by atoms with E-state index < -0.39 is 79.8 Å². The van der Waals surface area contributed by atoms with E-state index in [2.05, 4.69) is 5.32 Å². The summed E-state index contributed by atoms with van der Waals surface area (Å²) in [5.74, 6) is -1.19. The monoisotopic (exact) mass is 409 g/mol. The van der Waals surface area contributed by atoms with Crippen LogP contribution in [0, 0.1) is 0 Å². The quantitative estimate of drug-likeness (QED) is 0.246. The van der Waals surface area contributed by atoms with Gasteiger partial charge in [-0.25, -0.2) is 0 Å². The third-order valence-electron chi connectivity index (χ3n) is 4.61. The molecule has 12 heteroatoms. The molecule has 162 valence electrons. The number of aliphatic hydroxyl groups is 5. The first-order chi connectivity index (χ1) is 13.0. The summed E-state index contributed by atoms with van der Waals surface area (Å²) in [5.41, 5.74) is 0. The van der Waals surface area contributed by atoms with Crippen LogP contribution < -0.4 is 5.32 Å². The molecule has 0 bridgehead atoms. The molecule has 12 nitrogen and oxygen atoms in total. The van der Waals surface area contributed by atoms with Crippen molar-refractivity contribution in [2.24, 2.45) is 0 Å². The molecule has 0 saturated carbocycles. The van der Waals surface area contributed by atoms with Gasteiger partial charge in [-0.2, -0.15) is 0 Å². The van der Waals surface area contributed by atoms with Crippen LogP contribution in [-0.2, 0) is 28.5 Å². The van der Waals surface area contributed by atoms with Crippen LogP contribution in [0.15, 0.2) is 0 Å². The highest BCUT2D eigenvalue weighted by atomic mass is 16.7. The SMILES string of the molecule is CC(=O)N[C@@H]1[C@@H](O[C@@H]2O[C@@H](C)[C@H](O)[C@@H](O)[C@H]2O)[C@H](O)[C@@H](COC(C)=O)O[C@H]1O. The lowest BCUT2D eigenvalue weighted by molar-refractivity contribution is -0.337. The van der Waals surface area contributed by atoms with Gasteiger partial charge in [-0.3, -0.25) is 9.59 Å². The summed E-state index contributed by atoms with van der Waals surface area (Å²) in [7, 11) is 0. The zero-order chi connectivity index (χ0) is 21.2. The summed E-state index contributed by atoms with van der Waals surface area (Å²) >= 11 is 0. The van der Waals surface area contributed by atoms with Crippen molar-refractivity contribution in [2.75, 3.05) is 6.61 Å². The second-order valence-corrected chi connectivity index (χ2v) is 6.87. The maximum atomic E-state index is 11.5. The first kappa shape index (κ1) is 22.9. The van der Waals surface area contributed by atoms with E-state index in [1.54, 1.807) is 0 Å². The lowest BCUT2D eigenvalue weighted by Gasteiger charge is -2.46. The summed E-state index contributed by atoms with van der Waals surface area (Å²) in [6.07, 6.45) is -12.7. The van der Waals surface area contributed by atoms with Crippen molar-refractivity contribution >= 4 is 11.9 Å². The third-order valence-corrected chi connectivity index (χ3v) is 4.61. The maximum Gasteiger partial charge on any atom is 0.302 e. The van der Waals surface area contributed by atoms with Crippen molar-refractivity contribution < 1.29 is 54.1 Å². The van der Waals surface area contributed by atoms with E-state index in [1.165, 1.54) is 13.8 Å². The molecular weight excluding hydrogens is 382 g/mol. The van der Waals surface area contributed by atoms with Gasteiger partial charge in [-0.1, -0.05) is 0 Å². The standard InChI is InChI=1S/C16H27NO11/c1-5-10(20)12(22)13(23)16(26-5)28-14-9(17-6(2)18)15(24)27-8(11(14)21)4-25-7(3)19/h5,8-16,20-24H,4H2,1-3H3,(H,17,18)/t5-,8+,9+,10-,11+,12+,13+,14+,15+,16-/m0/s1. The molecule has 0 spiro atoms. The van der Waals surface area contributed by atoms with E-state index >= 15 is 0 Å². The molecule has 2 saturated heterocycles. The van der Waals surface area contributed by atoms with Crippen molar-refractivity contribution in [2.45, 2.75) is 82.1 Å². The van der Waals surface area contributed by atoms with Crippen LogP contribution in [0.1, 0.15) is 20.8 Å². The van der Waals surface area contributed by atoms with Gasteiger partial charge < -0.3 is 49.8 Å². The van der Waals surface area contributed by atoms with Crippen LogP contribution in [-0.4, -0.2) is 105 Å². The molecule has 1 amide bonds. The highest BCUT2D eigenvalue weighted by molar-refractivity contribution is 5.73. The van der Waals surface area contributed by atoms with Gasteiger partial charge in [0.15, 0.2) is 12.6 Å². The van der Waals surface area contributed by atoms with Gasteiger partial charge in [0.25, 0.3) is 0 Å². The number of nitrogens with one attached hydrogen (secondary N) is 1. The predicted octanol–water partition coefficient (Wildman–Crippen LogP) is -3.65. The van der Waals surface area contributed by atoms with Crippen molar-refractivity contribution in [3.05, 3.63) is 0 Å². The van der Waals surface area contributed by atoms with Gasteiger partial charge in [-0.15, -0.1) is 0 Å². The Morgan fingerprint density at radius 2 is 1.61 bits per heavy atom. The van der Waals surface area contributed by atoms with Crippen LogP contribution in [0.4, 0.5) is 0 Å². The molecule has 10 atom stereocenters. The Bertz CT molecular complexity index is 561. The minimum atomic E-state index is -1.66. The van der Waals surface area contributed by atoms with Gasteiger partial charge in [0.2, 0.25) is 5.91 Å². The van der Waals surface area contributed by atoms with Crippen LogP contribution in [0.25, 0.3) is 0 Å². The van der Waals surface area contributed by atoms with E-state index in [0.717, 1.165) is 6.92 Å². The number of amides is 1. The average molecular weight is 409 g/mol. The Morgan fingerprint density at radius 1 is 0.964 bits per heavy atom. The summed E-state index contributed by atoms with van der Waals surface area (Å²) < 4.78 is 20.9. The Morgan fingerprint density at radius 3 is 2.18 bits per heavy atom. The molecule has 0 aliphatic carbocycles. The number of esters is 1. The van der Waals surface area contributed by atoms with Gasteiger partial charge in [-0.05, 0) is 6.92 Å². The molecule has 0 aromatic heterocycles. The Balaban J connectivity index is 2.20. The second-order valence-electron chi connectivity index (χ2n) is 6.87. The number of carbonyl (C=O) groups excluding carboxylic acids is 2. The molecule has 2 fully saturated rings. The summed E-state index contributed by atoms with van der Waals surface area (Å²) in [4.78, 5) is 22.5. The van der Waals surface area contributed by atoms with E-state index in [0.29, 0.717) is 0 Å². The van der Waals surface area contributed by atoms with Gasteiger partial charge in [0.05, 0.1) is 6.10 Å². The third kappa shape index (κ3) is 5.15. The fourth-order valence-corrected chi connectivity index (χ4v) is 3.10. The zero-order valence-corrected chi connectivity index (χ0v) is 15.7. The van der Waals surface area contributed by atoms with Gasteiger partial charge in [0.1, 0.15) is 49.3 Å². The zero-order valence-electron chi connectivity index (χ0n) is 15.7. The normalized spacial score (nSPS) is 44.0. The molecule has 0 aromatic rings. The summed E-state index contributed by atoms with van der Waals surface area (Å²) in [5, 5.41) is 53.0. The number of ether oxygens (including phenoxy) is 4. The van der Waals surface area contributed by atoms with Crippen LogP contribution in [0.3, 0.4) is 0 Å². The molecule has 2 aliphatic rings. The van der Waals surface area contributed by atoms with Gasteiger partial charge >= 0.3 is 5.97 Å². The molecule has 0 aromatic carbocycles. The van der Waals surface area contributed by atoms with E-state index in [1.807, 2.05) is 0 Å². The molecule has 28 heavy (non-hydrogen) atoms. The summed E-state index contributed by atoms with van der Waals surface area (Å²) in [6, 6.07) is -1.25. The average Bonchev–Trinajstić information content (AvgIpc) is 2.61. The molecule has 2 aliphatic heterocycles. The fourth-order valence-electron chi connectivity index (χ4n) is 3.10. The first-order valence-electron chi connectivity index (χ1n) is 8.80. The number of aliphatic hydroxyl groups excluding tert-OH is 5. The van der Waals surface area contributed by atoms with Crippen molar-refractivity contribution in [3.63, 3.8) is 0 Å². The Hall–Kier alpha value is -1.38. The van der Waals surface area contributed by atoms with Crippen molar-refractivity contribution in [1.82, 2.24) is 5.32 Å². The van der Waals surface area contributed by atoms with E-state index in [4.69, 9.17) is 18.9 Å². The van der Waals surface area contributed by atoms with Crippen LogP contribution in [0.5, 0.6) is 0 Å². The fraction of sp³-hybridized carbons (Fsp3) is 0.875. The predicted molar refractivity (Wildman–Crippen MR) is 88.4 cm³/mol. The van der Waals surface area contributed by atoms with Gasteiger partial charge in [0, 0.05) is 13.8 Å². The number of hydrogen-bond acceptors (Lipinski definition) is 11. The highest BCUT2D eigenvalue weighted by Gasteiger charge is 2.50. The molecule has 2 heterocycles. The van der Waals surface area contributed by atoms with Crippen molar-refractivity contribution in [3.8, 4) is 0 Å². The smallest absolute Gasteiger partial charge is 0.302 e. The summed E-state index contributed by atoms with van der Waals surface area (Å²) in [6.45, 7) is 3.38. The lowest BCUT2D eigenvalue weighted by atomic mass is 9.95. The van der Waals surface area contributed by atoms with Crippen molar-refractivity contribution in [1.29, 1.82) is 0 Å². The minimum absolute atomic E-state index is 0.397. The van der Waals surface area contributed by atoms with E-state index in [9.17, 15) is 35.1 Å². The highest BCUT2D eigenvalue weighted by Crippen LogP contribution is 2.28. The first-order valence-corrected chi connectivity index (χ1v) is 8.80. The number of rotatable bonds is 5. The number of hydrogen-bond donors (Lipinski definition) is 6.